The topological polar surface area (TPSA) is 55.1 Å². The first kappa shape index (κ1) is 13.5. The van der Waals surface area contributed by atoms with Crippen LogP contribution in [0.25, 0.3) is 0 Å². The van der Waals surface area contributed by atoms with Crippen LogP contribution in [0.4, 0.5) is 8.78 Å². The summed E-state index contributed by atoms with van der Waals surface area (Å²) in [6.07, 6.45) is 0. The monoisotopic (exact) mass is 258 g/mol. The summed E-state index contributed by atoms with van der Waals surface area (Å²) >= 11 is 4.75. The summed E-state index contributed by atoms with van der Waals surface area (Å²) in [5.41, 5.74) is 4.07. The minimum Gasteiger partial charge on any atom is -0.391 e. The summed E-state index contributed by atoms with van der Waals surface area (Å²) in [6.45, 7) is 3.15. The predicted molar refractivity (Wildman–Crippen MR) is 64.7 cm³/mol. The molecule has 0 aliphatic rings. The standard InChI is InChI=1S/C11H12F2N2OS/c1-11(2,10(14)17)15-9(16)6-4-3-5-7(12)8(6)13/h3-5H,1-2H3,(H2,14,17)(H,15,16). The van der Waals surface area contributed by atoms with Gasteiger partial charge in [0.15, 0.2) is 11.6 Å². The van der Waals surface area contributed by atoms with E-state index in [9.17, 15) is 13.6 Å². The number of benzene rings is 1. The molecule has 0 saturated carbocycles. The Bertz CT molecular complexity index is 475. The van der Waals surface area contributed by atoms with E-state index >= 15 is 0 Å². The smallest absolute Gasteiger partial charge is 0.255 e. The first-order chi connectivity index (χ1) is 7.75. The lowest BCUT2D eigenvalue weighted by Gasteiger charge is -2.24. The van der Waals surface area contributed by atoms with Crippen molar-refractivity contribution in [1.82, 2.24) is 5.32 Å². The highest BCUT2D eigenvalue weighted by atomic mass is 32.1. The molecule has 1 aromatic carbocycles. The minimum atomic E-state index is -1.19. The molecule has 0 heterocycles. The first-order valence-corrected chi connectivity index (χ1v) is 5.23. The molecule has 0 aromatic heterocycles. The summed E-state index contributed by atoms with van der Waals surface area (Å²) in [7, 11) is 0. The molecule has 0 radical (unpaired) electrons. The Morgan fingerprint density at radius 2 is 2.00 bits per heavy atom. The fourth-order valence-corrected chi connectivity index (χ4v) is 1.14. The van der Waals surface area contributed by atoms with Crippen molar-refractivity contribution in [3.05, 3.63) is 35.4 Å². The van der Waals surface area contributed by atoms with Crippen LogP contribution < -0.4 is 11.1 Å². The van der Waals surface area contributed by atoms with Crippen LogP contribution in [0.15, 0.2) is 18.2 Å². The molecule has 0 saturated heterocycles. The van der Waals surface area contributed by atoms with Gasteiger partial charge in [0, 0.05) is 0 Å². The maximum Gasteiger partial charge on any atom is 0.255 e. The maximum absolute atomic E-state index is 13.3. The van der Waals surface area contributed by atoms with Crippen LogP contribution in [-0.4, -0.2) is 16.4 Å². The molecule has 17 heavy (non-hydrogen) atoms. The van der Waals surface area contributed by atoms with E-state index in [0.717, 1.165) is 6.07 Å². The van der Waals surface area contributed by atoms with Crippen molar-refractivity contribution in [1.29, 1.82) is 0 Å². The van der Waals surface area contributed by atoms with Crippen molar-refractivity contribution in [2.75, 3.05) is 0 Å². The molecule has 1 amide bonds. The maximum atomic E-state index is 13.3. The lowest BCUT2D eigenvalue weighted by Crippen LogP contribution is -2.52. The van der Waals surface area contributed by atoms with E-state index in [1.807, 2.05) is 0 Å². The van der Waals surface area contributed by atoms with Crippen molar-refractivity contribution in [3.63, 3.8) is 0 Å². The van der Waals surface area contributed by atoms with E-state index in [1.165, 1.54) is 12.1 Å². The normalized spacial score (nSPS) is 11.1. The van der Waals surface area contributed by atoms with Crippen molar-refractivity contribution in [2.45, 2.75) is 19.4 Å². The van der Waals surface area contributed by atoms with Crippen molar-refractivity contribution in [2.24, 2.45) is 5.73 Å². The number of carbonyl (C=O) groups is 1. The molecule has 0 aliphatic carbocycles. The van der Waals surface area contributed by atoms with Gasteiger partial charge in [-0.25, -0.2) is 8.78 Å². The van der Waals surface area contributed by atoms with Crippen molar-refractivity contribution >= 4 is 23.1 Å². The van der Waals surface area contributed by atoms with Gasteiger partial charge in [0.05, 0.1) is 16.1 Å². The lowest BCUT2D eigenvalue weighted by molar-refractivity contribution is 0.0927. The quantitative estimate of drug-likeness (QED) is 0.812. The molecular weight excluding hydrogens is 246 g/mol. The number of thiocarbonyl (C=S) groups is 1. The van der Waals surface area contributed by atoms with E-state index < -0.39 is 23.1 Å². The van der Waals surface area contributed by atoms with Gasteiger partial charge in [-0.3, -0.25) is 4.79 Å². The van der Waals surface area contributed by atoms with Gasteiger partial charge in [0.2, 0.25) is 0 Å². The number of amides is 1. The zero-order valence-electron chi connectivity index (χ0n) is 9.38. The molecule has 0 atom stereocenters. The largest absolute Gasteiger partial charge is 0.391 e. The minimum absolute atomic E-state index is 0.0580. The second-order valence-corrected chi connectivity index (χ2v) is 4.48. The van der Waals surface area contributed by atoms with Crippen molar-refractivity contribution in [3.8, 4) is 0 Å². The third kappa shape index (κ3) is 2.97. The number of halogens is 2. The lowest BCUT2D eigenvalue weighted by atomic mass is 10.0. The third-order valence-corrected chi connectivity index (χ3v) is 2.75. The Morgan fingerprint density at radius 3 is 2.53 bits per heavy atom. The highest BCUT2D eigenvalue weighted by Crippen LogP contribution is 2.13. The van der Waals surface area contributed by atoms with Gasteiger partial charge in [-0.2, -0.15) is 0 Å². The SMILES string of the molecule is CC(C)(NC(=O)c1cccc(F)c1F)C(N)=S. The van der Waals surface area contributed by atoms with E-state index in [0.29, 0.717) is 0 Å². The van der Waals surface area contributed by atoms with Crippen LogP contribution in [-0.2, 0) is 0 Å². The Morgan fingerprint density at radius 1 is 1.41 bits per heavy atom. The molecule has 1 rings (SSSR count). The molecule has 0 aliphatic heterocycles. The summed E-state index contributed by atoms with van der Waals surface area (Å²) in [4.78, 5) is 11.8. The molecule has 0 spiro atoms. The molecular formula is C11H12F2N2OS. The van der Waals surface area contributed by atoms with Gasteiger partial charge in [0.25, 0.3) is 5.91 Å². The molecule has 0 unspecified atom stereocenters. The van der Waals surface area contributed by atoms with Crippen molar-refractivity contribution < 1.29 is 13.6 Å². The van der Waals surface area contributed by atoms with E-state index in [1.54, 1.807) is 13.8 Å². The molecule has 92 valence electrons. The zero-order valence-corrected chi connectivity index (χ0v) is 10.2. The highest BCUT2D eigenvalue weighted by Gasteiger charge is 2.26. The number of nitrogens with one attached hydrogen (secondary N) is 1. The zero-order chi connectivity index (χ0) is 13.2. The fourth-order valence-electron chi connectivity index (χ4n) is 1.09. The van der Waals surface area contributed by atoms with Gasteiger partial charge in [0.1, 0.15) is 0 Å². The average Bonchev–Trinajstić information content (AvgIpc) is 2.21. The van der Waals surface area contributed by atoms with Gasteiger partial charge < -0.3 is 11.1 Å². The number of rotatable bonds is 3. The van der Waals surface area contributed by atoms with Crippen LogP contribution in [0, 0.1) is 11.6 Å². The van der Waals surface area contributed by atoms with E-state index in [4.69, 9.17) is 18.0 Å². The Balaban J connectivity index is 2.99. The van der Waals surface area contributed by atoms with Crippen LogP contribution in [0.5, 0.6) is 0 Å². The summed E-state index contributed by atoms with van der Waals surface area (Å²) in [5, 5.41) is 2.43. The van der Waals surface area contributed by atoms with Crippen LogP contribution in [0.1, 0.15) is 24.2 Å². The number of carbonyl (C=O) groups excluding carboxylic acids is 1. The molecule has 0 bridgehead atoms. The predicted octanol–water partition coefficient (Wildman–Crippen LogP) is 1.76. The van der Waals surface area contributed by atoms with Gasteiger partial charge >= 0.3 is 0 Å². The second-order valence-electron chi connectivity index (χ2n) is 4.04. The average molecular weight is 258 g/mol. The molecule has 3 N–H and O–H groups in total. The third-order valence-electron chi connectivity index (χ3n) is 2.24. The Labute approximate surface area is 103 Å². The number of nitrogens with two attached hydrogens (primary N) is 1. The summed E-state index contributed by atoms with van der Waals surface area (Å²) in [6, 6.07) is 3.37. The molecule has 3 nitrogen and oxygen atoms in total. The van der Waals surface area contributed by atoms with E-state index in [-0.39, 0.29) is 10.6 Å². The number of hydrogen-bond acceptors (Lipinski definition) is 2. The fraction of sp³-hybridized carbons (Fsp3) is 0.273. The van der Waals surface area contributed by atoms with Crippen LogP contribution in [0.3, 0.4) is 0 Å². The van der Waals surface area contributed by atoms with Crippen LogP contribution in [0.2, 0.25) is 0 Å². The first-order valence-electron chi connectivity index (χ1n) is 4.82. The Hall–Kier alpha value is -1.56. The number of hydrogen-bond donors (Lipinski definition) is 2. The van der Waals surface area contributed by atoms with Gasteiger partial charge in [-0.15, -0.1) is 0 Å². The Kier molecular flexibility index (Phi) is 3.77. The molecule has 6 heteroatoms. The van der Waals surface area contributed by atoms with E-state index in [2.05, 4.69) is 5.32 Å². The second kappa shape index (κ2) is 4.75. The van der Waals surface area contributed by atoms with Gasteiger partial charge in [-0.05, 0) is 26.0 Å². The molecule has 0 fully saturated rings. The molecule has 1 aromatic rings. The summed E-state index contributed by atoms with van der Waals surface area (Å²) in [5.74, 6) is -3.03. The van der Waals surface area contributed by atoms with Crippen LogP contribution >= 0.6 is 12.2 Å². The highest BCUT2D eigenvalue weighted by molar-refractivity contribution is 7.80. The summed E-state index contributed by atoms with van der Waals surface area (Å²) < 4.78 is 26.3. The van der Waals surface area contributed by atoms with Gasteiger partial charge in [-0.1, -0.05) is 18.3 Å².